The highest BCUT2D eigenvalue weighted by Gasteiger charge is 2.44. The number of alkyl halides is 7. The molecule has 0 radical (unpaired) electrons. The molecule has 0 aromatic carbocycles. The van der Waals surface area contributed by atoms with Crippen LogP contribution in [0.15, 0.2) is 12.2 Å². The van der Waals surface area contributed by atoms with Gasteiger partial charge in [0.05, 0.1) is 0 Å². The van der Waals surface area contributed by atoms with E-state index in [1.165, 1.54) is 0 Å². The van der Waals surface area contributed by atoms with Crippen molar-refractivity contribution in [3.8, 4) is 0 Å². The number of carbonyl (C=O) groups excluding carboxylic acids is 1. The van der Waals surface area contributed by atoms with Crippen LogP contribution >= 0.6 is 0 Å². The van der Waals surface area contributed by atoms with Gasteiger partial charge in [-0.2, -0.15) is 17.6 Å². The Morgan fingerprint density at radius 1 is 1.24 bits per heavy atom. The first-order chi connectivity index (χ1) is 7.54. The highest BCUT2D eigenvalue weighted by molar-refractivity contribution is 5.89. The van der Waals surface area contributed by atoms with Gasteiger partial charge in [-0.3, -0.25) is 0 Å². The molecule has 0 N–H and O–H groups in total. The first-order valence-electron chi connectivity index (χ1n) is 4.01. The number of rotatable bonds is 6. The van der Waals surface area contributed by atoms with Crippen LogP contribution in [0.25, 0.3) is 0 Å². The number of hydrogen-bond donors (Lipinski definition) is 0. The predicted octanol–water partition coefficient (Wildman–Crippen LogP) is 2.59. The lowest BCUT2D eigenvalue weighted by atomic mass is 10.2. The minimum atomic E-state index is -4.67. The molecule has 9 heteroatoms. The van der Waals surface area contributed by atoms with Gasteiger partial charge in [-0.15, -0.1) is 0 Å². The van der Waals surface area contributed by atoms with Crippen LogP contribution in [0.3, 0.4) is 0 Å². The molecule has 0 bridgehead atoms. The Bertz CT molecular complexity index is 300. The van der Waals surface area contributed by atoms with Crippen molar-refractivity contribution in [2.45, 2.75) is 18.3 Å². The Kier molecular flexibility index (Phi) is 4.96. The summed E-state index contributed by atoms with van der Waals surface area (Å²) in [5.74, 6) is -11.0. The topological polar surface area (TPSA) is 26.3 Å². The van der Waals surface area contributed by atoms with Gasteiger partial charge in [0, 0.05) is 0 Å². The average molecular weight is 268 g/mol. The van der Waals surface area contributed by atoms with Gasteiger partial charge in [-0.1, -0.05) is 6.58 Å². The van der Waals surface area contributed by atoms with Crippen LogP contribution in [0.2, 0.25) is 0 Å². The van der Waals surface area contributed by atoms with Crippen molar-refractivity contribution < 1.29 is 40.3 Å². The smallest absolute Gasteiger partial charge is 0.340 e. The number of hydrogen-bond acceptors (Lipinski definition) is 2. The first kappa shape index (κ1) is 15.7. The summed E-state index contributed by atoms with van der Waals surface area (Å²) < 4.78 is 87.8. The summed E-state index contributed by atoms with van der Waals surface area (Å²) in [7, 11) is 0. The first-order valence-corrected chi connectivity index (χ1v) is 4.01. The monoisotopic (exact) mass is 268 g/mol. The Balaban J connectivity index is 4.44. The fraction of sp³-hybridized carbons (Fsp3) is 0.625. The van der Waals surface area contributed by atoms with Crippen LogP contribution in [0.1, 0.15) is 0 Å². The van der Waals surface area contributed by atoms with E-state index in [-0.39, 0.29) is 0 Å². The average Bonchev–Trinajstić information content (AvgIpc) is 2.24. The predicted molar refractivity (Wildman–Crippen MR) is 42.0 cm³/mol. The van der Waals surface area contributed by atoms with E-state index >= 15 is 0 Å². The molecule has 0 heterocycles. The molecule has 0 fully saturated rings. The van der Waals surface area contributed by atoms with Gasteiger partial charge in [0.25, 0.3) is 0 Å². The number of ether oxygens (including phenoxy) is 1. The summed E-state index contributed by atoms with van der Waals surface area (Å²) in [5, 5.41) is 0. The molecule has 0 aromatic rings. The van der Waals surface area contributed by atoms with Crippen molar-refractivity contribution in [3.63, 3.8) is 0 Å². The molecule has 0 saturated heterocycles. The number of carbonyl (C=O) groups is 1. The Labute approximate surface area is 91.0 Å². The van der Waals surface area contributed by atoms with Crippen molar-refractivity contribution >= 4 is 5.97 Å². The molecule has 0 aliphatic carbocycles. The van der Waals surface area contributed by atoms with Gasteiger partial charge < -0.3 is 4.74 Å². The van der Waals surface area contributed by atoms with E-state index in [1.807, 2.05) is 0 Å². The SMILES string of the molecule is C=C(C(=O)OCC(F)(F)C(F)F)C(F)(F)CF. The Hall–Kier alpha value is -1.28. The van der Waals surface area contributed by atoms with Gasteiger partial charge in [0.1, 0.15) is 5.57 Å². The molecule has 17 heavy (non-hydrogen) atoms. The fourth-order valence-electron chi connectivity index (χ4n) is 0.542. The lowest BCUT2D eigenvalue weighted by molar-refractivity contribution is -0.178. The van der Waals surface area contributed by atoms with Crippen LogP contribution in [0, 0.1) is 0 Å². The standard InChI is InChI=1S/C8H7F7O2/c1-4(7(12,13)2-9)5(16)17-3-8(14,15)6(10)11/h6H,1-3H2. The summed E-state index contributed by atoms with van der Waals surface area (Å²) in [6.07, 6.45) is -4.12. The van der Waals surface area contributed by atoms with Gasteiger partial charge in [-0.25, -0.2) is 18.0 Å². The minimum absolute atomic E-state index is 1.72. The normalized spacial score (nSPS) is 12.7. The van der Waals surface area contributed by atoms with Crippen LogP contribution in [-0.2, 0) is 9.53 Å². The molecule has 0 saturated carbocycles. The van der Waals surface area contributed by atoms with Crippen molar-refractivity contribution in [3.05, 3.63) is 12.2 Å². The van der Waals surface area contributed by atoms with E-state index in [0.717, 1.165) is 0 Å². The minimum Gasteiger partial charge on any atom is -0.456 e. The maximum atomic E-state index is 12.5. The zero-order valence-corrected chi connectivity index (χ0v) is 8.16. The summed E-state index contributed by atoms with van der Waals surface area (Å²) in [4.78, 5) is 10.7. The molecule has 0 atom stereocenters. The van der Waals surface area contributed by atoms with Crippen LogP contribution < -0.4 is 0 Å². The highest BCUT2D eigenvalue weighted by Crippen LogP contribution is 2.26. The van der Waals surface area contributed by atoms with E-state index in [2.05, 4.69) is 11.3 Å². The van der Waals surface area contributed by atoms with Gasteiger partial charge in [0.2, 0.25) is 0 Å². The third-order valence-corrected chi connectivity index (χ3v) is 1.57. The van der Waals surface area contributed by atoms with E-state index in [9.17, 15) is 35.5 Å². The quantitative estimate of drug-likeness (QED) is 0.420. The largest absolute Gasteiger partial charge is 0.456 e. The van der Waals surface area contributed by atoms with Crippen molar-refractivity contribution in [2.24, 2.45) is 0 Å². The molecule has 0 unspecified atom stereocenters. The zero-order valence-electron chi connectivity index (χ0n) is 8.16. The molecule has 100 valence electrons. The van der Waals surface area contributed by atoms with Crippen molar-refractivity contribution in [1.29, 1.82) is 0 Å². The second-order valence-electron chi connectivity index (χ2n) is 2.95. The summed E-state index contributed by atoms with van der Waals surface area (Å²) in [6, 6.07) is 0. The van der Waals surface area contributed by atoms with Gasteiger partial charge >= 0.3 is 24.2 Å². The van der Waals surface area contributed by atoms with E-state index in [4.69, 9.17) is 0 Å². The molecule has 0 aromatic heterocycles. The van der Waals surface area contributed by atoms with Crippen LogP contribution in [0.5, 0.6) is 0 Å². The molecule has 2 nitrogen and oxygen atoms in total. The maximum absolute atomic E-state index is 12.5. The summed E-state index contributed by atoms with van der Waals surface area (Å²) in [6.45, 7) is -1.93. The van der Waals surface area contributed by atoms with Gasteiger partial charge in [0.15, 0.2) is 13.3 Å². The number of halogens is 7. The van der Waals surface area contributed by atoms with E-state index in [0.29, 0.717) is 0 Å². The summed E-state index contributed by atoms with van der Waals surface area (Å²) >= 11 is 0. The molecular weight excluding hydrogens is 261 g/mol. The van der Waals surface area contributed by atoms with E-state index in [1.54, 1.807) is 0 Å². The maximum Gasteiger partial charge on any atom is 0.340 e. The highest BCUT2D eigenvalue weighted by atomic mass is 19.3. The fourth-order valence-corrected chi connectivity index (χ4v) is 0.542. The third-order valence-electron chi connectivity index (χ3n) is 1.57. The van der Waals surface area contributed by atoms with E-state index < -0.39 is 43.1 Å². The third kappa shape index (κ3) is 4.23. The zero-order chi connectivity index (χ0) is 13.9. The lowest BCUT2D eigenvalue weighted by Crippen LogP contribution is -2.35. The molecule has 0 spiro atoms. The molecule has 0 amide bonds. The number of esters is 1. The Morgan fingerprint density at radius 2 is 1.71 bits per heavy atom. The lowest BCUT2D eigenvalue weighted by Gasteiger charge is -2.17. The van der Waals surface area contributed by atoms with Crippen molar-refractivity contribution in [1.82, 2.24) is 0 Å². The second kappa shape index (κ2) is 5.37. The summed E-state index contributed by atoms with van der Waals surface area (Å²) in [5.41, 5.74) is -1.72. The Morgan fingerprint density at radius 3 is 2.06 bits per heavy atom. The molecule has 0 aliphatic rings. The molecule has 0 rings (SSSR count). The van der Waals surface area contributed by atoms with Gasteiger partial charge in [-0.05, 0) is 0 Å². The molecular formula is C8H7F7O2. The van der Waals surface area contributed by atoms with Crippen LogP contribution in [-0.4, -0.2) is 37.5 Å². The van der Waals surface area contributed by atoms with Crippen LogP contribution in [0.4, 0.5) is 30.7 Å². The second-order valence-corrected chi connectivity index (χ2v) is 2.95. The molecule has 0 aliphatic heterocycles. The van der Waals surface area contributed by atoms with Crippen molar-refractivity contribution in [2.75, 3.05) is 13.3 Å².